The highest BCUT2D eigenvalue weighted by atomic mass is 16.3. The molecule has 1 heterocycles. The number of aliphatic hydroxyl groups excluding tert-OH is 2. The summed E-state index contributed by atoms with van der Waals surface area (Å²) in [7, 11) is 0. The van der Waals surface area contributed by atoms with Gasteiger partial charge >= 0.3 is 0 Å². The van der Waals surface area contributed by atoms with Crippen LogP contribution in [-0.2, 0) is 0 Å². The minimum atomic E-state index is -0.278. The molecule has 0 aliphatic rings. The van der Waals surface area contributed by atoms with Gasteiger partial charge in [0.2, 0.25) is 0 Å². The maximum Gasteiger partial charge on any atom is 0.254 e. The van der Waals surface area contributed by atoms with E-state index in [4.69, 9.17) is 16.1 Å². The lowest BCUT2D eigenvalue weighted by Crippen LogP contribution is -2.36. The number of aliphatic hydroxyl groups is 2. The zero-order chi connectivity index (χ0) is 13.5. The summed E-state index contributed by atoms with van der Waals surface area (Å²) in [5.41, 5.74) is 3.45. The average molecular weight is 254 g/mol. The zero-order valence-electron chi connectivity index (χ0n) is 10.3. The van der Waals surface area contributed by atoms with E-state index in [0.717, 1.165) is 0 Å². The summed E-state index contributed by atoms with van der Waals surface area (Å²) in [6, 6.07) is 3.15. The minimum absolute atomic E-state index is 0.155. The van der Waals surface area contributed by atoms with Crippen molar-refractivity contribution in [3.63, 3.8) is 0 Å². The molecule has 100 valence electrons. The molecule has 1 amide bonds. The molecule has 18 heavy (non-hydrogen) atoms. The van der Waals surface area contributed by atoms with Crippen molar-refractivity contribution in [3.05, 3.63) is 23.4 Å². The first kappa shape index (κ1) is 14.4. The van der Waals surface area contributed by atoms with Gasteiger partial charge in [0.05, 0.1) is 13.2 Å². The van der Waals surface area contributed by atoms with E-state index in [-0.39, 0.29) is 32.2 Å². The first-order chi connectivity index (χ1) is 8.62. The van der Waals surface area contributed by atoms with Crippen LogP contribution >= 0.6 is 0 Å². The van der Waals surface area contributed by atoms with E-state index in [1.54, 1.807) is 13.0 Å². The van der Waals surface area contributed by atoms with Gasteiger partial charge in [0.15, 0.2) is 0 Å². The number of pyridine rings is 1. The van der Waals surface area contributed by atoms with E-state index in [0.29, 0.717) is 17.1 Å². The minimum Gasteiger partial charge on any atom is -0.395 e. The van der Waals surface area contributed by atoms with E-state index in [9.17, 15) is 4.79 Å². The highest BCUT2D eigenvalue weighted by molar-refractivity contribution is 5.95. The summed E-state index contributed by atoms with van der Waals surface area (Å²) >= 11 is 0. The molecule has 1 aromatic rings. The standard InChI is InChI=1S/C11H18N4O3/c1-8-6-9(7-10(13-8)14-12)11(18)15(2-4-16)3-5-17/h6-7,16-17H,2-5,12H2,1H3,(H,13,14). The van der Waals surface area contributed by atoms with Crippen molar-refractivity contribution in [1.29, 1.82) is 0 Å². The van der Waals surface area contributed by atoms with Crippen molar-refractivity contribution in [2.45, 2.75) is 6.92 Å². The Bertz CT molecular complexity index is 405. The monoisotopic (exact) mass is 254 g/mol. The van der Waals surface area contributed by atoms with Gasteiger partial charge in [0, 0.05) is 24.3 Å². The quantitative estimate of drug-likeness (QED) is 0.387. The number of anilines is 1. The van der Waals surface area contributed by atoms with Gasteiger partial charge in [-0.05, 0) is 19.1 Å². The van der Waals surface area contributed by atoms with Crippen molar-refractivity contribution >= 4 is 11.7 Å². The van der Waals surface area contributed by atoms with Crippen molar-refractivity contribution in [2.75, 3.05) is 31.7 Å². The predicted molar refractivity (Wildman–Crippen MR) is 66.9 cm³/mol. The molecule has 0 saturated carbocycles. The van der Waals surface area contributed by atoms with E-state index >= 15 is 0 Å². The van der Waals surface area contributed by atoms with Crippen LogP contribution in [0.25, 0.3) is 0 Å². The number of amides is 1. The van der Waals surface area contributed by atoms with Gasteiger partial charge in [-0.15, -0.1) is 0 Å². The van der Waals surface area contributed by atoms with Crippen molar-refractivity contribution < 1.29 is 15.0 Å². The van der Waals surface area contributed by atoms with Crippen LogP contribution in [0, 0.1) is 6.92 Å². The normalized spacial score (nSPS) is 10.2. The lowest BCUT2D eigenvalue weighted by Gasteiger charge is -2.21. The number of carbonyl (C=O) groups excluding carboxylic acids is 1. The Balaban J connectivity index is 2.96. The number of rotatable bonds is 6. The van der Waals surface area contributed by atoms with Crippen molar-refractivity contribution in [1.82, 2.24) is 9.88 Å². The molecule has 0 aliphatic carbocycles. The fourth-order valence-electron chi connectivity index (χ4n) is 1.60. The number of nitrogens with one attached hydrogen (secondary N) is 1. The maximum atomic E-state index is 12.2. The first-order valence-corrected chi connectivity index (χ1v) is 5.58. The molecule has 0 atom stereocenters. The van der Waals surface area contributed by atoms with E-state index in [1.165, 1.54) is 11.0 Å². The van der Waals surface area contributed by atoms with Gasteiger partial charge in [0.1, 0.15) is 5.82 Å². The molecule has 7 nitrogen and oxygen atoms in total. The lowest BCUT2D eigenvalue weighted by molar-refractivity contribution is 0.0684. The average Bonchev–Trinajstić information content (AvgIpc) is 2.36. The number of nitrogens with zero attached hydrogens (tertiary/aromatic N) is 2. The number of nitrogens with two attached hydrogens (primary N) is 1. The van der Waals surface area contributed by atoms with Crippen LogP contribution in [0.4, 0.5) is 5.82 Å². The highest BCUT2D eigenvalue weighted by Crippen LogP contribution is 2.11. The van der Waals surface area contributed by atoms with E-state index < -0.39 is 0 Å². The Morgan fingerprint density at radius 2 is 2.00 bits per heavy atom. The van der Waals surface area contributed by atoms with Crippen LogP contribution in [0.15, 0.2) is 12.1 Å². The van der Waals surface area contributed by atoms with Gasteiger partial charge < -0.3 is 20.5 Å². The molecule has 0 spiro atoms. The van der Waals surface area contributed by atoms with Gasteiger partial charge in [-0.3, -0.25) is 4.79 Å². The third kappa shape index (κ3) is 3.66. The number of aryl methyl sites for hydroxylation is 1. The van der Waals surface area contributed by atoms with Crippen LogP contribution in [-0.4, -0.2) is 52.3 Å². The molecule has 0 unspecified atom stereocenters. The Hall–Kier alpha value is -1.70. The molecule has 0 saturated heterocycles. The number of hydrogen-bond donors (Lipinski definition) is 4. The van der Waals surface area contributed by atoms with Gasteiger partial charge in [-0.25, -0.2) is 10.8 Å². The van der Waals surface area contributed by atoms with Crippen LogP contribution < -0.4 is 11.3 Å². The fraction of sp³-hybridized carbons (Fsp3) is 0.455. The predicted octanol–water partition coefficient (Wildman–Crippen LogP) is -0.898. The SMILES string of the molecule is Cc1cc(C(=O)N(CCO)CCO)cc(NN)n1. The number of hydrazine groups is 1. The lowest BCUT2D eigenvalue weighted by atomic mass is 10.2. The Kier molecular flexibility index (Phi) is 5.50. The molecule has 1 aromatic heterocycles. The summed E-state index contributed by atoms with van der Waals surface area (Å²) in [6.45, 7) is 1.79. The number of nitrogen functional groups attached to an aromatic ring is 1. The number of aromatic nitrogens is 1. The Morgan fingerprint density at radius 1 is 1.39 bits per heavy atom. The molecule has 0 aliphatic heterocycles. The van der Waals surface area contributed by atoms with Gasteiger partial charge in [-0.1, -0.05) is 0 Å². The van der Waals surface area contributed by atoms with Gasteiger partial charge in [0.25, 0.3) is 5.91 Å². The second-order valence-corrected chi connectivity index (χ2v) is 3.77. The molecule has 7 heteroatoms. The molecule has 5 N–H and O–H groups in total. The highest BCUT2D eigenvalue weighted by Gasteiger charge is 2.16. The van der Waals surface area contributed by atoms with Crippen LogP contribution in [0.3, 0.4) is 0 Å². The van der Waals surface area contributed by atoms with Crippen molar-refractivity contribution in [2.24, 2.45) is 5.84 Å². The summed E-state index contributed by atoms with van der Waals surface area (Å²) < 4.78 is 0. The van der Waals surface area contributed by atoms with Crippen LogP contribution in [0.1, 0.15) is 16.1 Å². The molecule has 0 aromatic carbocycles. The summed E-state index contributed by atoms with van der Waals surface area (Å²) in [4.78, 5) is 17.6. The Labute approximate surface area is 105 Å². The second kappa shape index (κ2) is 6.90. The van der Waals surface area contributed by atoms with E-state index in [2.05, 4.69) is 10.4 Å². The third-order valence-electron chi connectivity index (χ3n) is 2.38. The first-order valence-electron chi connectivity index (χ1n) is 5.58. The molecule has 0 bridgehead atoms. The smallest absolute Gasteiger partial charge is 0.254 e. The molecule has 0 radical (unpaired) electrons. The summed E-state index contributed by atoms with van der Waals surface area (Å²) in [6.07, 6.45) is 0. The van der Waals surface area contributed by atoms with E-state index in [1.807, 2.05) is 0 Å². The van der Waals surface area contributed by atoms with Gasteiger partial charge in [-0.2, -0.15) is 0 Å². The topological polar surface area (TPSA) is 112 Å². The molecular weight excluding hydrogens is 236 g/mol. The third-order valence-corrected chi connectivity index (χ3v) is 2.38. The van der Waals surface area contributed by atoms with Crippen LogP contribution in [0.2, 0.25) is 0 Å². The van der Waals surface area contributed by atoms with Crippen LogP contribution in [0.5, 0.6) is 0 Å². The molecule has 0 fully saturated rings. The Morgan fingerprint density at radius 3 is 2.50 bits per heavy atom. The second-order valence-electron chi connectivity index (χ2n) is 3.77. The molecular formula is C11H18N4O3. The largest absolute Gasteiger partial charge is 0.395 e. The number of carbonyl (C=O) groups is 1. The molecule has 1 rings (SSSR count). The van der Waals surface area contributed by atoms with Crippen molar-refractivity contribution in [3.8, 4) is 0 Å². The summed E-state index contributed by atoms with van der Waals surface area (Å²) in [5.74, 6) is 5.38. The summed E-state index contributed by atoms with van der Waals surface area (Å²) in [5, 5.41) is 17.8. The fourth-order valence-corrected chi connectivity index (χ4v) is 1.60. The zero-order valence-corrected chi connectivity index (χ0v) is 10.3. The number of hydrogen-bond acceptors (Lipinski definition) is 6. The maximum absolute atomic E-state index is 12.2.